The van der Waals surface area contributed by atoms with E-state index in [-0.39, 0.29) is 0 Å². The quantitative estimate of drug-likeness (QED) is 0.727. The molecular formula is C20H29NO2S. The number of ether oxygens (including phenoxy) is 2. The van der Waals surface area contributed by atoms with Gasteiger partial charge in [-0.3, -0.25) is 0 Å². The average Bonchev–Trinajstić information content (AvgIpc) is 3.16. The summed E-state index contributed by atoms with van der Waals surface area (Å²) in [7, 11) is 6.15. The molecule has 0 radical (unpaired) electrons. The number of thioether (sulfide) groups is 1. The van der Waals surface area contributed by atoms with Crippen molar-refractivity contribution in [1.82, 2.24) is 4.90 Å². The fraction of sp³-hybridized carbons (Fsp3) is 0.700. The van der Waals surface area contributed by atoms with Crippen molar-refractivity contribution in [3.8, 4) is 0 Å². The third-order valence-corrected chi connectivity index (χ3v) is 7.75. The Bertz CT molecular complexity index is 579. The standard InChI is InChI=1S/C20H29NO2S/c1-21(2)11-6-12-23-16-10-9-15(22-3)17-18(16)20-14-8-5-4-7-13(14)19(17)24-20/h4-5,7-8,15-20H,6,9-12H2,1-3H3/t15-,16+,17-,18+,19-,20+/m0/s1. The van der Waals surface area contributed by atoms with Gasteiger partial charge in [0.05, 0.1) is 12.2 Å². The third kappa shape index (κ3) is 2.82. The summed E-state index contributed by atoms with van der Waals surface area (Å²) in [4.78, 5) is 2.23. The molecule has 1 saturated carbocycles. The predicted octanol–water partition coefficient (Wildman–Crippen LogP) is 3.91. The van der Waals surface area contributed by atoms with Crippen LogP contribution in [0.3, 0.4) is 0 Å². The topological polar surface area (TPSA) is 21.7 Å². The number of nitrogens with zero attached hydrogens (tertiary/aromatic N) is 1. The van der Waals surface area contributed by atoms with Crippen molar-refractivity contribution in [1.29, 1.82) is 0 Å². The molecule has 1 aromatic rings. The van der Waals surface area contributed by atoms with E-state index in [0.29, 0.717) is 34.5 Å². The number of fused-ring (bicyclic) bond motifs is 8. The molecule has 1 aliphatic carbocycles. The largest absolute Gasteiger partial charge is 0.381 e. The van der Waals surface area contributed by atoms with Crippen molar-refractivity contribution in [3.63, 3.8) is 0 Å². The van der Waals surface area contributed by atoms with E-state index in [9.17, 15) is 0 Å². The summed E-state index contributed by atoms with van der Waals surface area (Å²) in [6.45, 7) is 1.98. The Morgan fingerprint density at radius 2 is 1.67 bits per heavy atom. The van der Waals surface area contributed by atoms with Crippen LogP contribution in [0.25, 0.3) is 0 Å². The van der Waals surface area contributed by atoms with Crippen LogP contribution in [0.1, 0.15) is 40.9 Å². The van der Waals surface area contributed by atoms with Crippen LogP contribution in [-0.2, 0) is 9.47 Å². The minimum Gasteiger partial charge on any atom is -0.381 e. The second kappa shape index (κ2) is 6.99. The van der Waals surface area contributed by atoms with Crippen LogP contribution in [-0.4, -0.2) is 51.5 Å². The molecule has 2 aliphatic heterocycles. The first-order chi connectivity index (χ1) is 11.7. The maximum atomic E-state index is 6.41. The van der Waals surface area contributed by atoms with Crippen LogP contribution < -0.4 is 0 Å². The van der Waals surface area contributed by atoms with E-state index in [2.05, 4.69) is 55.0 Å². The first-order valence-electron chi connectivity index (χ1n) is 9.24. The molecule has 132 valence electrons. The highest BCUT2D eigenvalue weighted by Crippen LogP contribution is 2.69. The van der Waals surface area contributed by atoms with Gasteiger partial charge in [-0.1, -0.05) is 24.3 Å². The summed E-state index contributed by atoms with van der Waals surface area (Å²) in [6, 6.07) is 9.05. The van der Waals surface area contributed by atoms with Crippen molar-refractivity contribution in [2.75, 3.05) is 34.4 Å². The van der Waals surface area contributed by atoms with Gasteiger partial charge in [-0.2, -0.15) is 0 Å². The monoisotopic (exact) mass is 347 g/mol. The van der Waals surface area contributed by atoms with Crippen LogP contribution >= 0.6 is 11.8 Å². The molecule has 6 atom stereocenters. The lowest BCUT2D eigenvalue weighted by atomic mass is 9.66. The van der Waals surface area contributed by atoms with Gasteiger partial charge in [0, 0.05) is 36.1 Å². The number of hydrogen-bond acceptors (Lipinski definition) is 4. The molecule has 0 aromatic heterocycles. The first-order valence-corrected chi connectivity index (χ1v) is 10.2. The lowest BCUT2D eigenvalue weighted by Gasteiger charge is -2.44. The van der Waals surface area contributed by atoms with Gasteiger partial charge in [0.25, 0.3) is 0 Å². The maximum absolute atomic E-state index is 6.41. The summed E-state index contributed by atoms with van der Waals surface area (Å²) in [5, 5.41) is 1.21. The number of benzene rings is 1. The van der Waals surface area contributed by atoms with Crippen molar-refractivity contribution in [2.45, 2.75) is 42.0 Å². The van der Waals surface area contributed by atoms with Gasteiger partial charge in [0.2, 0.25) is 0 Å². The Kier molecular flexibility index (Phi) is 4.92. The van der Waals surface area contributed by atoms with Gasteiger partial charge >= 0.3 is 0 Å². The van der Waals surface area contributed by atoms with Crippen LogP contribution in [0.15, 0.2) is 24.3 Å². The first kappa shape index (κ1) is 16.9. The van der Waals surface area contributed by atoms with E-state index in [1.807, 2.05) is 7.11 Å². The summed E-state index contributed by atoms with van der Waals surface area (Å²) in [5.74, 6) is 1.24. The number of rotatable bonds is 6. The van der Waals surface area contributed by atoms with Crippen molar-refractivity contribution in [2.24, 2.45) is 11.8 Å². The molecule has 0 amide bonds. The molecule has 24 heavy (non-hydrogen) atoms. The van der Waals surface area contributed by atoms with E-state index in [1.54, 1.807) is 11.1 Å². The number of hydrogen-bond donors (Lipinski definition) is 0. The van der Waals surface area contributed by atoms with E-state index in [4.69, 9.17) is 9.47 Å². The van der Waals surface area contributed by atoms with Gasteiger partial charge < -0.3 is 14.4 Å². The Balaban J connectivity index is 1.52. The molecular weight excluding hydrogens is 318 g/mol. The molecule has 3 aliphatic rings. The van der Waals surface area contributed by atoms with Crippen molar-refractivity contribution >= 4 is 11.8 Å². The lowest BCUT2D eigenvalue weighted by Crippen LogP contribution is -2.45. The van der Waals surface area contributed by atoms with Gasteiger partial charge in [-0.15, -0.1) is 11.8 Å². The zero-order chi connectivity index (χ0) is 16.7. The average molecular weight is 348 g/mol. The fourth-order valence-electron chi connectivity index (χ4n) is 5.02. The second-order valence-electron chi connectivity index (χ2n) is 7.68. The van der Waals surface area contributed by atoms with E-state index in [1.165, 1.54) is 0 Å². The Morgan fingerprint density at radius 3 is 2.29 bits per heavy atom. The van der Waals surface area contributed by atoms with Gasteiger partial charge in [-0.25, -0.2) is 0 Å². The minimum atomic E-state index is 0.396. The van der Waals surface area contributed by atoms with Crippen molar-refractivity contribution in [3.05, 3.63) is 35.4 Å². The normalized spacial score (nSPS) is 36.8. The molecule has 2 bridgehead atoms. The minimum absolute atomic E-state index is 0.396. The maximum Gasteiger partial charge on any atom is 0.0622 e. The van der Waals surface area contributed by atoms with Gasteiger partial charge in [-0.05, 0) is 51.0 Å². The Morgan fingerprint density at radius 1 is 1.04 bits per heavy atom. The molecule has 4 heteroatoms. The van der Waals surface area contributed by atoms with Crippen LogP contribution in [0.4, 0.5) is 0 Å². The summed E-state index contributed by atoms with van der Waals surface area (Å²) in [6.07, 6.45) is 4.20. The molecule has 1 saturated heterocycles. The zero-order valence-electron chi connectivity index (χ0n) is 15.0. The molecule has 0 unspecified atom stereocenters. The van der Waals surface area contributed by atoms with Crippen LogP contribution in [0.2, 0.25) is 0 Å². The molecule has 0 spiro atoms. The summed E-state index contributed by atoms with van der Waals surface area (Å²) in [5.41, 5.74) is 3.12. The number of methoxy groups -OCH3 is 1. The van der Waals surface area contributed by atoms with Gasteiger partial charge in [0.15, 0.2) is 0 Å². The van der Waals surface area contributed by atoms with Crippen LogP contribution in [0, 0.1) is 11.8 Å². The highest BCUT2D eigenvalue weighted by atomic mass is 32.2. The smallest absolute Gasteiger partial charge is 0.0622 e. The molecule has 4 rings (SSSR count). The molecule has 1 aromatic carbocycles. The van der Waals surface area contributed by atoms with Crippen LogP contribution in [0.5, 0.6) is 0 Å². The Hall–Kier alpha value is -0.550. The highest BCUT2D eigenvalue weighted by molar-refractivity contribution is 8.00. The van der Waals surface area contributed by atoms with Gasteiger partial charge in [0.1, 0.15) is 0 Å². The van der Waals surface area contributed by atoms with Crippen molar-refractivity contribution < 1.29 is 9.47 Å². The van der Waals surface area contributed by atoms with E-state index in [0.717, 1.165) is 32.4 Å². The Labute approximate surface area is 150 Å². The zero-order valence-corrected chi connectivity index (χ0v) is 15.8. The predicted molar refractivity (Wildman–Crippen MR) is 99.4 cm³/mol. The van der Waals surface area contributed by atoms with E-state index >= 15 is 0 Å². The SMILES string of the molecule is CO[C@H]1CC[C@@H](OCCCN(C)C)[C@@H]2[C@H]1[C@H]1S[C@@H]2c2ccccc21. The van der Waals surface area contributed by atoms with E-state index < -0.39 is 0 Å². The molecule has 2 fully saturated rings. The highest BCUT2D eigenvalue weighted by Gasteiger charge is 2.58. The third-order valence-electron chi connectivity index (χ3n) is 6.02. The molecule has 2 heterocycles. The molecule has 0 N–H and O–H groups in total. The fourth-order valence-corrected chi connectivity index (χ4v) is 7.13. The lowest BCUT2D eigenvalue weighted by molar-refractivity contribution is -0.0897. The summed E-state index contributed by atoms with van der Waals surface area (Å²) < 4.78 is 12.3. The molecule has 3 nitrogen and oxygen atoms in total. The summed E-state index contributed by atoms with van der Waals surface area (Å²) >= 11 is 2.16. The second-order valence-corrected chi connectivity index (χ2v) is 8.97.